The van der Waals surface area contributed by atoms with Crippen LogP contribution in [-0.4, -0.2) is 37.0 Å². The number of aryl methyl sites for hydroxylation is 2. The van der Waals surface area contributed by atoms with Crippen molar-refractivity contribution in [2.45, 2.75) is 25.7 Å². The lowest BCUT2D eigenvalue weighted by Crippen LogP contribution is -2.46. The molecule has 1 fully saturated rings. The van der Waals surface area contributed by atoms with Crippen LogP contribution in [0.15, 0.2) is 42.5 Å². The molecule has 0 spiro atoms. The molecule has 6 heteroatoms. The highest BCUT2D eigenvalue weighted by Crippen LogP contribution is 2.32. The van der Waals surface area contributed by atoms with Gasteiger partial charge in [-0.15, -0.1) is 0 Å². The van der Waals surface area contributed by atoms with Gasteiger partial charge in [0.1, 0.15) is 0 Å². The quantitative estimate of drug-likeness (QED) is 0.749. The lowest BCUT2D eigenvalue weighted by atomic mass is 9.97. The summed E-state index contributed by atoms with van der Waals surface area (Å²) in [5.41, 5.74) is 5.46. The number of nitrogens with one attached hydrogen (secondary N) is 3. The number of amides is 3. The fourth-order valence-corrected chi connectivity index (χ4v) is 4.05. The molecule has 0 unspecified atom stereocenters. The summed E-state index contributed by atoms with van der Waals surface area (Å²) in [4.78, 5) is 26.4. The Hall–Kier alpha value is -3.02. The van der Waals surface area contributed by atoms with Crippen molar-refractivity contribution in [2.75, 3.05) is 30.8 Å². The molecule has 3 N–H and O–H groups in total. The Labute approximate surface area is 165 Å². The van der Waals surface area contributed by atoms with E-state index < -0.39 is 0 Å². The van der Waals surface area contributed by atoms with Crippen LogP contribution in [0.2, 0.25) is 0 Å². The molecular formula is C22H26N4O2. The molecule has 146 valence electrons. The highest BCUT2D eigenvalue weighted by molar-refractivity contribution is 5.91. The second-order valence-electron chi connectivity index (χ2n) is 7.48. The monoisotopic (exact) mass is 378 g/mol. The van der Waals surface area contributed by atoms with Gasteiger partial charge in [-0.25, -0.2) is 4.79 Å². The molecule has 2 aromatic carbocycles. The van der Waals surface area contributed by atoms with Crippen LogP contribution in [0, 0.1) is 5.92 Å². The summed E-state index contributed by atoms with van der Waals surface area (Å²) in [7, 11) is 1.64. The van der Waals surface area contributed by atoms with Crippen molar-refractivity contribution in [3.05, 3.63) is 53.6 Å². The van der Waals surface area contributed by atoms with E-state index in [9.17, 15) is 9.59 Å². The highest BCUT2D eigenvalue weighted by Gasteiger charge is 2.28. The molecule has 3 amide bonds. The minimum Gasteiger partial charge on any atom is -0.359 e. The first-order valence-corrected chi connectivity index (χ1v) is 9.89. The molecule has 2 aromatic rings. The molecule has 0 bridgehead atoms. The van der Waals surface area contributed by atoms with E-state index in [1.807, 2.05) is 18.2 Å². The van der Waals surface area contributed by atoms with Crippen molar-refractivity contribution in [2.24, 2.45) is 5.92 Å². The number of carbonyl (C=O) groups excluding carboxylic acids is 2. The van der Waals surface area contributed by atoms with Gasteiger partial charge >= 0.3 is 6.03 Å². The van der Waals surface area contributed by atoms with Gasteiger partial charge in [0, 0.05) is 37.2 Å². The molecule has 1 saturated heterocycles. The summed E-state index contributed by atoms with van der Waals surface area (Å²) in [5.74, 6) is -0.125. The first-order chi connectivity index (χ1) is 13.6. The lowest BCUT2D eigenvalue weighted by molar-refractivity contribution is -0.125. The van der Waals surface area contributed by atoms with Crippen LogP contribution in [0.3, 0.4) is 0 Å². The predicted octanol–water partition coefficient (Wildman–Crippen LogP) is 3.52. The van der Waals surface area contributed by atoms with Crippen molar-refractivity contribution in [1.82, 2.24) is 10.2 Å². The predicted molar refractivity (Wildman–Crippen MR) is 111 cm³/mol. The van der Waals surface area contributed by atoms with Crippen LogP contribution >= 0.6 is 0 Å². The highest BCUT2D eigenvalue weighted by atomic mass is 16.2. The van der Waals surface area contributed by atoms with Crippen LogP contribution in [0.5, 0.6) is 0 Å². The normalized spacial score (nSPS) is 18.2. The average molecular weight is 378 g/mol. The minimum absolute atomic E-state index is 0.00500. The van der Waals surface area contributed by atoms with Crippen molar-refractivity contribution in [3.8, 4) is 0 Å². The van der Waals surface area contributed by atoms with E-state index in [4.69, 9.17) is 0 Å². The summed E-state index contributed by atoms with van der Waals surface area (Å²) in [6.07, 6.45) is 3.63. The summed E-state index contributed by atoms with van der Waals surface area (Å²) in [5, 5.41) is 9.19. The van der Waals surface area contributed by atoms with Crippen LogP contribution < -0.4 is 16.0 Å². The number of hydrogen-bond acceptors (Lipinski definition) is 3. The van der Waals surface area contributed by atoms with E-state index in [0.29, 0.717) is 13.1 Å². The number of urea groups is 1. The molecule has 0 radical (unpaired) electrons. The van der Waals surface area contributed by atoms with E-state index in [0.717, 1.165) is 42.7 Å². The maximum Gasteiger partial charge on any atom is 0.321 e. The Morgan fingerprint density at radius 2 is 1.86 bits per heavy atom. The third kappa shape index (κ3) is 3.81. The Kier molecular flexibility index (Phi) is 5.19. The Morgan fingerprint density at radius 1 is 1.07 bits per heavy atom. The number of nitrogens with zero attached hydrogens (tertiary/aromatic N) is 1. The van der Waals surface area contributed by atoms with Gasteiger partial charge in [0.2, 0.25) is 5.91 Å². The number of rotatable bonds is 2. The molecule has 6 nitrogen and oxygen atoms in total. The number of carbonyl (C=O) groups is 2. The summed E-state index contributed by atoms with van der Waals surface area (Å²) in [6.45, 7) is 1.14. The van der Waals surface area contributed by atoms with E-state index in [1.165, 1.54) is 11.1 Å². The largest absolute Gasteiger partial charge is 0.359 e. The second kappa shape index (κ2) is 7.92. The van der Waals surface area contributed by atoms with Gasteiger partial charge in [-0.1, -0.05) is 24.3 Å². The first kappa shape index (κ1) is 18.3. The number of benzene rings is 2. The molecule has 0 aliphatic carbocycles. The van der Waals surface area contributed by atoms with Crippen LogP contribution in [0.25, 0.3) is 0 Å². The van der Waals surface area contributed by atoms with E-state index in [2.05, 4.69) is 40.2 Å². The first-order valence-electron chi connectivity index (χ1n) is 9.89. The SMILES string of the molecule is CNC(=O)[C@@H]1CCCN(C(=O)Nc2ccc3c(c2)Nc2ccccc2CC3)C1. The van der Waals surface area contributed by atoms with Gasteiger partial charge in [0.05, 0.1) is 5.92 Å². The Bertz CT molecular complexity index is 896. The van der Waals surface area contributed by atoms with Crippen molar-refractivity contribution >= 4 is 29.0 Å². The fourth-order valence-electron chi connectivity index (χ4n) is 4.05. The van der Waals surface area contributed by atoms with Crippen LogP contribution in [0.4, 0.5) is 21.9 Å². The average Bonchev–Trinajstić information content (AvgIpc) is 2.92. The number of piperidine rings is 1. The molecule has 4 rings (SSSR count). The number of para-hydroxylation sites is 1. The van der Waals surface area contributed by atoms with E-state index >= 15 is 0 Å². The van der Waals surface area contributed by atoms with Crippen LogP contribution in [-0.2, 0) is 17.6 Å². The number of hydrogen-bond donors (Lipinski definition) is 3. The van der Waals surface area contributed by atoms with Gasteiger partial charge in [-0.05, 0) is 55.0 Å². The van der Waals surface area contributed by atoms with Gasteiger partial charge in [0.15, 0.2) is 0 Å². The van der Waals surface area contributed by atoms with Gasteiger partial charge in [-0.2, -0.15) is 0 Å². The number of fused-ring (bicyclic) bond motifs is 2. The molecule has 1 atom stereocenters. The molecule has 0 saturated carbocycles. The third-order valence-electron chi connectivity index (χ3n) is 5.64. The molecule has 0 aromatic heterocycles. The summed E-state index contributed by atoms with van der Waals surface area (Å²) < 4.78 is 0. The second-order valence-corrected chi connectivity index (χ2v) is 7.48. The number of likely N-dealkylation sites (tertiary alicyclic amines) is 1. The van der Waals surface area contributed by atoms with Crippen molar-refractivity contribution in [3.63, 3.8) is 0 Å². The third-order valence-corrected chi connectivity index (χ3v) is 5.64. The zero-order valence-electron chi connectivity index (χ0n) is 16.1. The molecule has 28 heavy (non-hydrogen) atoms. The fraction of sp³-hybridized carbons (Fsp3) is 0.364. The zero-order chi connectivity index (χ0) is 19.5. The van der Waals surface area contributed by atoms with Gasteiger partial charge in [-0.3, -0.25) is 4.79 Å². The van der Waals surface area contributed by atoms with Crippen molar-refractivity contribution in [1.29, 1.82) is 0 Å². The zero-order valence-corrected chi connectivity index (χ0v) is 16.1. The Morgan fingerprint density at radius 3 is 2.68 bits per heavy atom. The molecule has 2 aliphatic rings. The summed E-state index contributed by atoms with van der Waals surface area (Å²) in [6, 6.07) is 14.2. The minimum atomic E-state index is -0.150. The molecule has 2 aliphatic heterocycles. The smallest absolute Gasteiger partial charge is 0.321 e. The summed E-state index contributed by atoms with van der Waals surface area (Å²) >= 11 is 0. The Balaban J connectivity index is 1.47. The standard InChI is InChI=1S/C22H26N4O2/c1-23-21(27)17-6-4-12-26(14-17)22(28)24-18-11-10-16-9-8-15-5-2-3-7-19(15)25-20(16)13-18/h2-3,5,7,10-11,13,17,25H,4,6,8-9,12,14H2,1H3,(H,23,27)(H,24,28)/t17-/m1/s1. The maximum absolute atomic E-state index is 12.7. The van der Waals surface area contributed by atoms with Gasteiger partial charge in [0.25, 0.3) is 0 Å². The van der Waals surface area contributed by atoms with Crippen LogP contribution in [0.1, 0.15) is 24.0 Å². The van der Waals surface area contributed by atoms with Crippen molar-refractivity contribution < 1.29 is 9.59 Å². The number of anilines is 3. The van der Waals surface area contributed by atoms with E-state index in [1.54, 1.807) is 11.9 Å². The topological polar surface area (TPSA) is 73.5 Å². The molecule has 2 heterocycles. The van der Waals surface area contributed by atoms with Gasteiger partial charge < -0.3 is 20.9 Å². The maximum atomic E-state index is 12.7. The molecular weight excluding hydrogens is 352 g/mol. The van der Waals surface area contributed by atoms with E-state index in [-0.39, 0.29) is 17.9 Å². The lowest BCUT2D eigenvalue weighted by Gasteiger charge is -2.31.